The highest BCUT2D eigenvalue weighted by Gasteiger charge is 2.41. The van der Waals surface area contributed by atoms with Crippen LogP contribution in [0.5, 0.6) is 0 Å². The Morgan fingerprint density at radius 3 is 2.26 bits per heavy atom. The molecule has 1 fully saturated rings. The average molecular weight is 517 g/mol. The molecule has 6 atom stereocenters. The second kappa shape index (κ2) is 11.7. The molecule has 0 saturated carbocycles. The van der Waals surface area contributed by atoms with Crippen LogP contribution < -0.4 is 5.32 Å². The molecule has 0 unspecified atom stereocenters. The maximum Gasteiger partial charge on any atom is 0.183 e. The average Bonchev–Trinajstić information content (AvgIpc) is 3.04. The van der Waals surface area contributed by atoms with Crippen LogP contribution in [0.4, 0.5) is 0 Å². The Morgan fingerprint density at radius 1 is 1.06 bits per heavy atom. The lowest BCUT2D eigenvalue weighted by molar-refractivity contribution is 0.120. The summed E-state index contributed by atoms with van der Waals surface area (Å²) in [5, 5.41) is 14.7. The van der Waals surface area contributed by atoms with Gasteiger partial charge >= 0.3 is 0 Å². The third kappa shape index (κ3) is 7.73. The van der Waals surface area contributed by atoms with Crippen molar-refractivity contribution in [2.45, 2.75) is 82.9 Å². The fraction of sp³-hybridized carbons (Fsp3) is 0.571. The lowest BCUT2D eigenvalue weighted by atomic mass is 9.96. The molecule has 3 rings (SSSR count). The highest BCUT2D eigenvalue weighted by atomic mass is 32.2. The molecule has 0 radical (unpaired) electrons. The van der Waals surface area contributed by atoms with Crippen LogP contribution in [0.1, 0.15) is 31.9 Å². The largest absolute Gasteiger partial charge is 0.415 e. The first-order valence-electron chi connectivity index (χ1n) is 12.8. The molecular weight excluding hydrogens is 472 g/mol. The van der Waals surface area contributed by atoms with E-state index in [0.717, 1.165) is 16.9 Å². The monoisotopic (exact) mass is 516 g/mol. The van der Waals surface area contributed by atoms with Gasteiger partial charge in [-0.2, -0.15) is 0 Å². The zero-order valence-corrected chi connectivity index (χ0v) is 24.2. The van der Waals surface area contributed by atoms with Crippen molar-refractivity contribution in [3.8, 4) is 0 Å². The van der Waals surface area contributed by atoms with Crippen molar-refractivity contribution < 1.29 is 13.7 Å². The van der Waals surface area contributed by atoms with E-state index < -0.39 is 24.2 Å². The zero-order valence-electron chi connectivity index (χ0n) is 22.4. The molecule has 0 aliphatic carbocycles. The minimum atomic E-state index is -2.75. The number of hydrogen-bond donors (Lipinski definition) is 2. The maximum atomic E-state index is 14.7. The second-order valence-electron chi connectivity index (χ2n) is 11.4. The van der Waals surface area contributed by atoms with Crippen molar-refractivity contribution in [1.29, 1.82) is 0 Å². The number of aliphatic hydroxyl groups excluding tert-OH is 1. The van der Waals surface area contributed by atoms with Gasteiger partial charge in [-0.3, -0.25) is 0 Å². The SMILES string of the molecule is Cc1ccc([S@@](=O)(C[C@H]2N[C@@H](Cc3ccccc3)[C@H](O)[C@@H]2C)=N[C@H](CO[Si](C)(C)C)C(C)C)cc1. The Morgan fingerprint density at radius 2 is 1.69 bits per heavy atom. The number of benzene rings is 2. The highest BCUT2D eigenvalue weighted by molar-refractivity contribution is 7.93. The van der Waals surface area contributed by atoms with Gasteiger partial charge in [-0.05, 0) is 62.5 Å². The normalized spacial score (nSPS) is 25.4. The lowest BCUT2D eigenvalue weighted by Crippen LogP contribution is -2.39. The third-order valence-electron chi connectivity index (χ3n) is 6.87. The van der Waals surface area contributed by atoms with E-state index in [-0.39, 0.29) is 30.0 Å². The zero-order chi connectivity index (χ0) is 25.8. The van der Waals surface area contributed by atoms with Gasteiger partial charge in [0.05, 0.1) is 34.2 Å². The summed E-state index contributed by atoms with van der Waals surface area (Å²) in [5.41, 5.74) is 2.31. The first kappa shape index (κ1) is 28.1. The second-order valence-corrected chi connectivity index (χ2v) is 18.2. The summed E-state index contributed by atoms with van der Waals surface area (Å²) >= 11 is 0. The van der Waals surface area contributed by atoms with Crippen molar-refractivity contribution in [2.75, 3.05) is 12.4 Å². The molecule has 1 heterocycles. The Balaban J connectivity index is 1.91. The molecule has 1 saturated heterocycles. The summed E-state index contributed by atoms with van der Waals surface area (Å²) < 4.78 is 25.9. The summed E-state index contributed by atoms with van der Waals surface area (Å²) in [7, 11) is -4.47. The first-order chi connectivity index (χ1) is 16.4. The van der Waals surface area contributed by atoms with Crippen molar-refractivity contribution in [1.82, 2.24) is 5.32 Å². The summed E-state index contributed by atoms with van der Waals surface area (Å²) in [4.78, 5) is 0.761. The van der Waals surface area contributed by atoms with Crippen LogP contribution in [0, 0.1) is 18.8 Å². The van der Waals surface area contributed by atoms with E-state index in [2.05, 4.69) is 57.9 Å². The number of hydrogen-bond acceptors (Lipinski definition) is 5. The van der Waals surface area contributed by atoms with E-state index in [1.165, 1.54) is 5.56 Å². The molecule has 1 aliphatic heterocycles. The van der Waals surface area contributed by atoms with E-state index in [1.54, 1.807) is 0 Å². The minimum Gasteiger partial charge on any atom is -0.415 e. The molecule has 2 aromatic carbocycles. The van der Waals surface area contributed by atoms with Gasteiger partial charge in [0.25, 0.3) is 0 Å². The van der Waals surface area contributed by atoms with Crippen molar-refractivity contribution >= 4 is 18.0 Å². The summed E-state index contributed by atoms with van der Waals surface area (Å²) in [5.74, 6) is 0.555. The van der Waals surface area contributed by atoms with Crippen LogP contribution in [0.3, 0.4) is 0 Å². The minimum absolute atomic E-state index is 0.0269. The third-order valence-corrected chi connectivity index (χ3v) is 10.3. The summed E-state index contributed by atoms with van der Waals surface area (Å²) in [6, 6.07) is 17.8. The summed E-state index contributed by atoms with van der Waals surface area (Å²) in [6.45, 7) is 15.3. The van der Waals surface area contributed by atoms with Crippen LogP contribution in [0.2, 0.25) is 19.6 Å². The number of nitrogens with zero attached hydrogens (tertiary/aromatic N) is 1. The quantitative estimate of drug-likeness (QED) is 0.422. The van der Waals surface area contributed by atoms with E-state index in [0.29, 0.717) is 12.4 Å². The molecule has 1 aliphatic rings. The van der Waals surface area contributed by atoms with Gasteiger partial charge in [-0.15, -0.1) is 0 Å². The van der Waals surface area contributed by atoms with Crippen molar-refractivity contribution in [3.63, 3.8) is 0 Å². The Hall–Kier alpha value is -1.51. The lowest BCUT2D eigenvalue weighted by Gasteiger charge is -2.26. The number of nitrogens with one attached hydrogen (secondary N) is 1. The summed E-state index contributed by atoms with van der Waals surface area (Å²) in [6.07, 6.45) is 0.239. The van der Waals surface area contributed by atoms with E-state index in [4.69, 9.17) is 8.79 Å². The van der Waals surface area contributed by atoms with Crippen LogP contribution in [0.25, 0.3) is 0 Å². The smallest absolute Gasteiger partial charge is 0.183 e. The van der Waals surface area contributed by atoms with Gasteiger partial charge in [0.15, 0.2) is 8.32 Å². The topological polar surface area (TPSA) is 70.9 Å². The molecule has 0 aromatic heterocycles. The van der Waals surface area contributed by atoms with Gasteiger partial charge in [-0.25, -0.2) is 8.57 Å². The van der Waals surface area contributed by atoms with Crippen LogP contribution in [-0.2, 0) is 20.6 Å². The maximum absolute atomic E-state index is 14.7. The predicted octanol–water partition coefficient (Wildman–Crippen LogP) is 5.28. The molecule has 2 N–H and O–H groups in total. The van der Waals surface area contributed by atoms with Gasteiger partial charge < -0.3 is 14.8 Å². The van der Waals surface area contributed by atoms with Crippen LogP contribution in [0.15, 0.2) is 63.9 Å². The molecule has 7 heteroatoms. The molecule has 0 amide bonds. The molecule has 0 spiro atoms. The fourth-order valence-corrected chi connectivity index (χ4v) is 7.73. The molecule has 2 aromatic rings. The fourth-order valence-electron chi connectivity index (χ4n) is 4.47. The number of aryl methyl sites for hydroxylation is 1. The van der Waals surface area contributed by atoms with E-state index in [9.17, 15) is 9.32 Å². The van der Waals surface area contributed by atoms with Gasteiger partial charge in [0.2, 0.25) is 0 Å². The molecule has 35 heavy (non-hydrogen) atoms. The first-order valence-corrected chi connectivity index (χ1v) is 17.9. The van der Waals surface area contributed by atoms with Crippen molar-refractivity contribution in [3.05, 3.63) is 65.7 Å². The standard InChI is InChI=1S/C28H44N2O3SSi/c1-20(2)26(18-33-35(5,6)7)30-34(32,24-15-13-21(3)14-16-24)19-27-22(4)28(31)25(29-27)17-23-11-9-8-10-12-23/h8-16,20,22,25-29,31H,17-19H2,1-7H3/t22-,25+,26-,27-,28-,34+/m1/s1. The van der Waals surface area contributed by atoms with E-state index >= 15 is 0 Å². The Kier molecular flexibility index (Phi) is 9.37. The molecule has 194 valence electrons. The Labute approximate surface area is 214 Å². The molecule has 5 nitrogen and oxygen atoms in total. The van der Waals surface area contributed by atoms with Crippen molar-refractivity contribution in [2.24, 2.45) is 16.2 Å². The molecule has 0 bridgehead atoms. The van der Waals surface area contributed by atoms with Crippen LogP contribution in [-0.4, -0.2) is 54.2 Å². The van der Waals surface area contributed by atoms with Gasteiger partial charge in [0.1, 0.15) is 0 Å². The predicted molar refractivity (Wildman–Crippen MR) is 149 cm³/mol. The number of rotatable bonds is 10. The highest BCUT2D eigenvalue weighted by Crippen LogP contribution is 2.28. The number of aliphatic hydroxyl groups is 1. The van der Waals surface area contributed by atoms with Gasteiger partial charge in [-0.1, -0.05) is 68.8 Å². The van der Waals surface area contributed by atoms with Gasteiger partial charge in [0, 0.05) is 17.0 Å². The van der Waals surface area contributed by atoms with Crippen LogP contribution >= 0.6 is 0 Å². The van der Waals surface area contributed by atoms with E-state index in [1.807, 2.05) is 49.4 Å². The Bertz CT molecular complexity index is 1060. The molecular formula is C28H44N2O3SSi.